The molecule has 17 heavy (non-hydrogen) atoms. The first-order valence-corrected chi connectivity index (χ1v) is 6.24. The van der Waals surface area contributed by atoms with Crippen LogP contribution in [0.4, 0.5) is 4.39 Å². The molecule has 1 aliphatic rings. The molecular weight excluding hydrogens is 215 g/mol. The van der Waals surface area contributed by atoms with E-state index in [4.69, 9.17) is 0 Å². The molecule has 0 saturated carbocycles. The van der Waals surface area contributed by atoms with Crippen molar-refractivity contribution in [2.75, 3.05) is 13.1 Å². The van der Waals surface area contributed by atoms with Gasteiger partial charge in [-0.2, -0.15) is 0 Å². The number of aryl methyl sites for hydroxylation is 1. The van der Waals surface area contributed by atoms with E-state index in [2.05, 4.69) is 17.2 Å². The molecule has 2 aromatic rings. The molecule has 1 aliphatic heterocycles. The minimum Gasteiger partial charge on any atom is -0.358 e. The maximum atomic E-state index is 13.2. The summed E-state index contributed by atoms with van der Waals surface area (Å²) in [7, 11) is 0. The third kappa shape index (κ3) is 1.84. The highest BCUT2D eigenvalue weighted by atomic mass is 19.1. The van der Waals surface area contributed by atoms with Gasteiger partial charge in [-0.25, -0.2) is 4.39 Å². The monoisotopic (exact) mass is 232 g/mol. The molecule has 0 bridgehead atoms. The molecule has 0 aliphatic carbocycles. The largest absolute Gasteiger partial charge is 0.358 e. The van der Waals surface area contributed by atoms with Crippen molar-refractivity contribution in [1.82, 2.24) is 10.3 Å². The SMILES string of the molecule is Cc1[nH]c2cc(F)ccc2c1C1CCNCC1. The van der Waals surface area contributed by atoms with E-state index in [0.29, 0.717) is 5.92 Å². The highest BCUT2D eigenvalue weighted by molar-refractivity contribution is 5.85. The van der Waals surface area contributed by atoms with Gasteiger partial charge in [0.1, 0.15) is 5.82 Å². The fourth-order valence-electron chi connectivity index (χ4n) is 2.96. The topological polar surface area (TPSA) is 27.8 Å². The van der Waals surface area contributed by atoms with Crippen LogP contribution in [0.2, 0.25) is 0 Å². The van der Waals surface area contributed by atoms with Gasteiger partial charge in [-0.3, -0.25) is 0 Å². The predicted octanol–water partition coefficient (Wildman–Crippen LogP) is 3.08. The highest BCUT2D eigenvalue weighted by Gasteiger charge is 2.20. The zero-order chi connectivity index (χ0) is 11.8. The van der Waals surface area contributed by atoms with Crippen molar-refractivity contribution in [2.24, 2.45) is 0 Å². The highest BCUT2D eigenvalue weighted by Crippen LogP contribution is 2.34. The number of rotatable bonds is 1. The molecule has 0 amide bonds. The van der Waals surface area contributed by atoms with Crippen molar-refractivity contribution >= 4 is 10.9 Å². The molecule has 2 nitrogen and oxygen atoms in total. The van der Waals surface area contributed by atoms with Crippen LogP contribution in [0.25, 0.3) is 10.9 Å². The van der Waals surface area contributed by atoms with E-state index in [1.165, 1.54) is 29.5 Å². The molecule has 0 spiro atoms. The van der Waals surface area contributed by atoms with Gasteiger partial charge >= 0.3 is 0 Å². The third-order valence-electron chi connectivity index (χ3n) is 3.75. The predicted molar refractivity (Wildman–Crippen MR) is 67.8 cm³/mol. The Hall–Kier alpha value is -1.35. The van der Waals surface area contributed by atoms with Crippen LogP contribution < -0.4 is 5.32 Å². The fraction of sp³-hybridized carbons (Fsp3) is 0.429. The van der Waals surface area contributed by atoms with Crippen LogP contribution in [-0.2, 0) is 0 Å². The Morgan fingerprint density at radius 2 is 2.00 bits per heavy atom. The Kier molecular flexibility index (Phi) is 2.63. The zero-order valence-electron chi connectivity index (χ0n) is 10.0. The molecule has 2 heterocycles. The second-order valence-corrected chi connectivity index (χ2v) is 4.88. The number of H-pyrrole nitrogens is 1. The van der Waals surface area contributed by atoms with Crippen LogP contribution in [0.3, 0.4) is 0 Å². The second kappa shape index (κ2) is 4.15. The number of halogens is 1. The van der Waals surface area contributed by atoms with Gasteiger partial charge in [-0.15, -0.1) is 0 Å². The van der Waals surface area contributed by atoms with Gasteiger partial charge in [0.15, 0.2) is 0 Å². The number of aromatic amines is 1. The summed E-state index contributed by atoms with van der Waals surface area (Å²) in [6.45, 7) is 4.26. The average molecular weight is 232 g/mol. The molecule has 1 saturated heterocycles. The van der Waals surface area contributed by atoms with Crippen molar-refractivity contribution < 1.29 is 4.39 Å². The molecule has 1 aromatic heterocycles. The van der Waals surface area contributed by atoms with Crippen LogP contribution >= 0.6 is 0 Å². The van der Waals surface area contributed by atoms with Crippen molar-refractivity contribution in [3.8, 4) is 0 Å². The first-order chi connectivity index (χ1) is 8.25. The average Bonchev–Trinajstić information content (AvgIpc) is 2.65. The Labute approximate surface area is 100 Å². The summed E-state index contributed by atoms with van der Waals surface area (Å²) in [5.74, 6) is 0.436. The number of benzene rings is 1. The summed E-state index contributed by atoms with van der Waals surface area (Å²) in [6.07, 6.45) is 2.34. The van der Waals surface area contributed by atoms with Gasteiger partial charge in [-0.05, 0) is 62.5 Å². The summed E-state index contributed by atoms with van der Waals surface area (Å²) >= 11 is 0. The molecule has 3 heteroatoms. The lowest BCUT2D eigenvalue weighted by molar-refractivity contribution is 0.461. The van der Waals surface area contributed by atoms with Gasteiger partial charge in [0.2, 0.25) is 0 Å². The lowest BCUT2D eigenvalue weighted by atomic mass is 9.88. The zero-order valence-corrected chi connectivity index (χ0v) is 10.0. The van der Waals surface area contributed by atoms with Crippen LogP contribution in [0, 0.1) is 12.7 Å². The molecule has 3 rings (SSSR count). The number of nitrogens with one attached hydrogen (secondary N) is 2. The van der Waals surface area contributed by atoms with E-state index in [9.17, 15) is 4.39 Å². The maximum Gasteiger partial charge on any atom is 0.125 e. The second-order valence-electron chi connectivity index (χ2n) is 4.88. The van der Waals surface area contributed by atoms with E-state index in [1.807, 2.05) is 6.07 Å². The Balaban J connectivity index is 2.11. The van der Waals surface area contributed by atoms with Crippen molar-refractivity contribution in [3.05, 3.63) is 35.3 Å². The molecule has 1 fully saturated rings. The molecule has 2 N–H and O–H groups in total. The summed E-state index contributed by atoms with van der Waals surface area (Å²) in [4.78, 5) is 3.30. The van der Waals surface area contributed by atoms with Crippen molar-refractivity contribution in [2.45, 2.75) is 25.7 Å². The lowest BCUT2D eigenvalue weighted by Crippen LogP contribution is -2.26. The third-order valence-corrected chi connectivity index (χ3v) is 3.75. The molecule has 0 atom stereocenters. The van der Waals surface area contributed by atoms with Crippen molar-refractivity contribution in [3.63, 3.8) is 0 Å². The molecular formula is C14H17FN2. The van der Waals surface area contributed by atoms with E-state index in [-0.39, 0.29) is 5.82 Å². The first-order valence-electron chi connectivity index (χ1n) is 6.24. The standard InChI is InChI=1S/C14H17FN2/c1-9-14(10-4-6-16-7-5-10)12-3-2-11(15)8-13(12)17-9/h2-3,8,10,16-17H,4-7H2,1H3. The number of hydrogen-bond donors (Lipinski definition) is 2. The van der Waals surface area contributed by atoms with Gasteiger partial charge < -0.3 is 10.3 Å². The summed E-state index contributed by atoms with van der Waals surface area (Å²) in [5.41, 5.74) is 3.51. The maximum absolute atomic E-state index is 13.2. The van der Waals surface area contributed by atoms with Gasteiger partial charge in [0.25, 0.3) is 0 Å². The minimum atomic E-state index is -0.171. The van der Waals surface area contributed by atoms with Gasteiger partial charge in [-0.1, -0.05) is 0 Å². The normalized spacial score (nSPS) is 17.8. The Morgan fingerprint density at radius 1 is 1.24 bits per heavy atom. The summed E-state index contributed by atoms with van der Waals surface area (Å²) in [5, 5.41) is 4.57. The lowest BCUT2D eigenvalue weighted by Gasteiger charge is -2.23. The van der Waals surface area contributed by atoms with E-state index < -0.39 is 0 Å². The first kappa shape index (κ1) is 10.8. The number of hydrogen-bond acceptors (Lipinski definition) is 1. The van der Waals surface area contributed by atoms with Crippen LogP contribution in [0.1, 0.15) is 30.0 Å². The molecule has 0 radical (unpaired) electrons. The van der Waals surface area contributed by atoms with Gasteiger partial charge in [0.05, 0.1) is 0 Å². The molecule has 0 unspecified atom stereocenters. The Bertz CT molecular complexity index is 538. The number of aromatic nitrogens is 1. The van der Waals surface area contributed by atoms with Crippen LogP contribution in [-0.4, -0.2) is 18.1 Å². The minimum absolute atomic E-state index is 0.171. The van der Waals surface area contributed by atoms with Gasteiger partial charge in [0, 0.05) is 16.6 Å². The number of fused-ring (bicyclic) bond motifs is 1. The summed E-state index contributed by atoms with van der Waals surface area (Å²) in [6, 6.07) is 5.05. The van der Waals surface area contributed by atoms with Crippen LogP contribution in [0.5, 0.6) is 0 Å². The Morgan fingerprint density at radius 3 is 2.76 bits per heavy atom. The van der Waals surface area contributed by atoms with Crippen molar-refractivity contribution in [1.29, 1.82) is 0 Å². The smallest absolute Gasteiger partial charge is 0.125 e. The van der Waals surface area contributed by atoms with E-state index >= 15 is 0 Å². The van der Waals surface area contributed by atoms with E-state index in [0.717, 1.165) is 18.6 Å². The summed E-state index contributed by atoms with van der Waals surface area (Å²) < 4.78 is 13.2. The number of piperidine rings is 1. The quantitative estimate of drug-likeness (QED) is 0.777. The van der Waals surface area contributed by atoms with Crippen LogP contribution in [0.15, 0.2) is 18.2 Å². The van der Waals surface area contributed by atoms with E-state index in [1.54, 1.807) is 12.1 Å². The molecule has 1 aromatic carbocycles. The fourth-order valence-corrected chi connectivity index (χ4v) is 2.96. The molecule has 90 valence electrons.